The van der Waals surface area contributed by atoms with Gasteiger partial charge in [-0.3, -0.25) is 0 Å². The largest absolute Gasteiger partial charge is 0.345 e. The van der Waals surface area contributed by atoms with Crippen molar-refractivity contribution in [2.45, 2.75) is 33.0 Å². The Morgan fingerprint density at radius 2 is 2.00 bits per heavy atom. The molecule has 0 spiro atoms. The molecule has 0 rings (SSSR count). The van der Waals surface area contributed by atoms with Crippen LogP contribution in [-0.2, 0) is 4.74 Å². The Labute approximate surface area is 66.0 Å². The number of ether oxygens (including phenoxy) is 1. The fourth-order valence-electron chi connectivity index (χ4n) is 0.751. The second kappa shape index (κ2) is 5.24. The average molecular weight is 164 g/mol. The van der Waals surface area contributed by atoms with Gasteiger partial charge >= 0.3 is 6.61 Å². The molecule has 0 amide bonds. The Hall–Kier alpha value is -0.440. The summed E-state index contributed by atoms with van der Waals surface area (Å²) in [6, 6.07) is 0. The van der Waals surface area contributed by atoms with Gasteiger partial charge in [-0.05, 0) is 19.3 Å². The molecule has 1 nitrogen and oxygen atoms in total. The first-order valence-corrected chi connectivity index (χ1v) is 3.62. The molecular formula is C8H14F2O. The second-order valence-electron chi connectivity index (χ2n) is 2.60. The van der Waals surface area contributed by atoms with Crippen LogP contribution in [0.25, 0.3) is 0 Å². The second-order valence-corrected chi connectivity index (χ2v) is 2.60. The summed E-state index contributed by atoms with van der Waals surface area (Å²) in [5, 5.41) is 0. The monoisotopic (exact) mass is 164 g/mol. The van der Waals surface area contributed by atoms with Crippen LogP contribution in [0.4, 0.5) is 8.78 Å². The van der Waals surface area contributed by atoms with Gasteiger partial charge in [0.25, 0.3) is 0 Å². The molecule has 3 heteroatoms. The van der Waals surface area contributed by atoms with Crippen LogP contribution in [0.15, 0.2) is 12.7 Å². The van der Waals surface area contributed by atoms with Crippen LogP contribution in [0.5, 0.6) is 0 Å². The Morgan fingerprint density at radius 1 is 1.45 bits per heavy atom. The predicted molar refractivity (Wildman–Crippen MR) is 40.5 cm³/mol. The lowest BCUT2D eigenvalue weighted by Crippen LogP contribution is -2.20. The highest BCUT2D eigenvalue weighted by atomic mass is 19.3. The molecule has 0 aromatic carbocycles. The maximum atomic E-state index is 11.6. The summed E-state index contributed by atoms with van der Waals surface area (Å²) < 4.78 is 27.6. The van der Waals surface area contributed by atoms with E-state index in [1.54, 1.807) is 13.0 Å². The zero-order valence-corrected chi connectivity index (χ0v) is 6.89. The number of alkyl halides is 2. The lowest BCUT2D eigenvalue weighted by molar-refractivity contribution is -0.169. The molecule has 0 aliphatic carbocycles. The normalized spacial score (nSPS) is 16.5. The molecule has 0 fully saturated rings. The van der Waals surface area contributed by atoms with Gasteiger partial charge in [-0.1, -0.05) is 13.0 Å². The van der Waals surface area contributed by atoms with E-state index in [-0.39, 0.29) is 5.92 Å². The number of halogens is 2. The highest BCUT2D eigenvalue weighted by Gasteiger charge is 2.15. The topological polar surface area (TPSA) is 9.23 Å². The molecule has 1 unspecified atom stereocenters. The van der Waals surface area contributed by atoms with E-state index in [1.807, 2.05) is 6.92 Å². The van der Waals surface area contributed by atoms with Crippen molar-refractivity contribution < 1.29 is 13.5 Å². The SMILES string of the molecule is C=CCC(C)[C@@H](C)OC(F)F. The third kappa shape index (κ3) is 4.90. The lowest BCUT2D eigenvalue weighted by Gasteiger charge is -2.18. The minimum Gasteiger partial charge on any atom is -0.320 e. The first-order valence-electron chi connectivity index (χ1n) is 3.62. The van der Waals surface area contributed by atoms with Crippen LogP contribution in [0.3, 0.4) is 0 Å². The van der Waals surface area contributed by atoms with E-state index in [4.69, 9.17) is 0 Å². The molecule has 0 aromatic heterocycles. The van der Waals surface area contributed by atoms with E-state index in [2.05, 4.69) is 11.3 Å². The van der Waals surface area contributed by atoms with Gasteiger partial charge in [-0.15, -0.1) is 6.58 Å². The summed E-state index contributed by atoms with van der Waals surface area (Å²) in [5.74, 6) is 0.0986. The first-order chi connectivity index (χ1) is 5.07. The summed E-state index contributed by atoms with van der Waals surface area (Å²) in [5.41, 5.74) is 0. The smallest absolute Gasteiger partial charge is 0.320 e. The van der Waals surface area contributed by atoms with Crippen LogP contribution < -0.4 is 0 Å². The molecule has 0 saturated heterocycles. The third-order valence-electron chi connectivity index (χ3n) is 1.66. The van der Waals surface area contributed by atoms with Crippen LogP contribution >= 0.6 is 0 Å². The van der Waals surface area contributed by atoms with Crippen LogP contribution in [0.2, 0.25) is 0 Å². The molecule has 0 heterocycles. The van der Waals surface area contributed by atoms with Gasteiger partial charge in [-0.25, -0.2) is 0 Å². The highest BCUT2D eigenvalue weighted by Crippen LogP contribution is 2.14. The maximum Gasteiger partial charge on any atom is 0.345 e. The Morgan fingerprint density at radius 3 is 2.36 bits per heavy atom. The average Bonchev–Trinajstić information content (AvgIpc) is 1.86. The molecular weight excluding hydrogens is 150 g/mol. The minimum absolute atomic E-state index is 0.0986. The van der Waals surface area contributed by atoms with Crippen molar-refractivity contribution in [1.82, 2.24) is 0 Å². The van der Waals surface area contributed by atoms with E-state index >= 15 is 0 Å². The van der Waals surface area contributed by atoms with E-state index in [1.165, 1.54) is 0 Å². The van der Waals surface area contributed by atoms with Gasteiger partial charge in [0, 0.05) is 0 Å². The molecule has 0 aliphatic rings. The quantitative estimate of drug-likeness (QED) is 0.568. The fraction of sp³-hybridized carbons (Fsp3) is 0.750. The van der Waals surface area contributed by atoms with Crippen molar-refractivity contribution in [3.63, 3.8) is 0 Å². The molecule has 0 N–H and O–H groups in total. The summed E-state index contributed by atoms with van der Waals surface area (Å²) >= 11 is 0. The summed E-state index contributed by atoms with van der Waals surface area (Å²) in [7, 11) is 0. The Bertz CT molecular complexity index is 115. The predicted octanol–water partition coefficient (Wildman–Crippen LogP) is 2.83. The zero-order chi connectivity index (χ0) is 8.85. The molecule has 0 bridgehead atoms. The summed E-state index contributed by atoms with van der Waals surface area (Å²) in [4.78, 5) is 0. The highest BCUT2D eigenvalue weighted by molar-refractivity contribution is 4.73. The number of hydrogen-bond donors (Lipinski definition) is 0. The molecule has 0 saturated carbocycles. The number of rotatable bonds is 5. The molecule has 0 aromatic rings. The molecule has 0 aliphatic heterocycles. The molecule has 11 heavy (non-hydrogen) atoms. The number of hydrogen-bond acceptors (Lipinski definition) is 1. The van der Waals surface area contributed by atoms with Crippen molar-refractivity contribution in [3.8, 4) is 0 Å². The van der Waals surface area contributed by atoms with E-state index in [0.717, 1.165) is 0 Å². The van der Waals surface area contributed by atoms with Crippen LogP contribution in [-0.4, -0.2) is 12.7 Å². The number of allylic oxidation sites excluding steroid dienone is 1. The Kier molecular flexibility index (Phi) is 5.03. The summed E-state index contributed by atoms with van der Waals surface area (Å²) in [6.07, 6.45) is 2.00. The summed E-state index contributed by atoms with van der Waals surface area (Å²) in [6.45, 7) is 4.35. The lowest BCUT2D eigenvalue weighted by atomic mass is 10.0. The molecule has 2 atom stereocenters. The van der Waals surface area contributed by atoms with Crippen LogP contribution in [0, 0.1) is 5.92 Å². The van der Waals surface area contributed by atoms with Crippen molar-refractivity contribution in [3.05, 3.63) is 12.7 Å². The standard InChI is InChI=1S/C8H14F2O/c1-4-5-6(2)7(3)11-8(9)10/h4,6-8H,1,5H2,2-3H3/t6?,7-/m1/s1. The molecule has 0 radical (unpaired) electrons. The van der Waals surface area contributed by atoms with Gasteiger partial charge in [-0.2, -0.15) is 8.78 Å². The van der Waals surface area contributed by atoms with Gasteiger partial charge in [0.05, 0.1) is 6.10 Å². The van der Waals surface area contributed by atoms with Crippen molar-refractivity contribution in [2.75, 3.05) is 0 Å². The van der Waals surface area contributed by atoms with Crippen molar-refractivity contribution in [1.29, 1.82) is 0 Å². The fourth-order valence-corrected chi connectivity index (χ4v) is 0.751. The van der Waals surface area contributed by atoms with Gasteiger partial charge < -0.3 is 4.74 Å². The van der Waals surface area contributed by atoms with E-state index < -0.39 is 12.7 Å². The van der Waals surface area contributed by atoms with Gasteiger partial charge in [0.15, 0.2) is 0 Å². The van der Waals surface area contributed by atoms with Crippen LogP contribution in [0.1, 0.15) is 20.3 Å². The first kappa shape index (κ1) is 10.6. The third-order valence-corrected chi connectivity index (χ3v) is 1.66. The minimum atomic E-state index is -2.67. The van der Waals surface area contributed by atoms with E-state index in [9.17, 15) is 8.78 Å². The maximum absolute atomic E-state index is 11.6. The zero-order valence-electron chi connectivity index (χ0n) is 6.89. The van der Waals surface area contributed by atoms with Crippen molar-refractivity contribution >= 4 is 0 Å². The Balaban J connectivity index is 3.62. The molecule has 66 valence electrons. The van der Waals surface area contributed by atoms with Gasteiger partial charge in [0.2, 0.25) is 0 Å². The van der Waals surface area contributed by atoms with Crippen molar-refractivity contribution in [2.24, 2.45) is 5.92 Å². The van der Waals surface area contributed by atoms with E-state index in [0.29, 0.717) is 6.42 Å². The van der Waals surface area contributed by atoms with Gasteiger partial charge in [0.1, 0.15) is 0 Å².